The minimum Gasteiger partial charge on any atom is -0.367 e. The molecule has 1 aromatic heterocycles. The van der Waals surface area contributed by atoms with Gasteiger partial charge in [0.15, 0.2) is 0 Å². The Morgan fingerprint density at radius 3 is 2.65 bits per heavy atom. The summed E-state index contributed by atoms with van der Waals surface area (Å²) < 4.78 is 0. The van der Waals surface area contributed by atoms with Crippen LogP contribution >= 0.6 is 0 Å². The predicted molar refractivity (Wildman–Crippen MR) is 69.9 cm³/mol. The number of rotatable bonds is 3. The van der Waals surface area contributed by atoms with Gasteiger partial charge in [0.1, 0.15) is 12.1 Å². The largest absolute Gasteiger partial charge is 0.367 e. The van der Waals surface area contributed by atoms with E-state index in [-0.39, 0.29) is 11.5 Å². The van der Waals surface area contributed by atoms with Crippen LogP contribution in [-0.4, -0.2) is 22.1 Å². The quantitative estimate of drug-likeness (QED) is 0.841. The van der Waals surface area contributed by atoms with Gasteiger partial charge < -0.3 is 11.1 Å². The number of hydrogen-bond acceptors (Lipinski definition) is 4. The first-order chi connectivity index (χ1) is 7.91. The van der Waals surface area contributed by atoms with Crippen LogP contribution in [0.1, 0.15) is 45.7 Å². The monoisotopic (exact) mass is 234 g/mol. The molecule has 0 aliphatic heterocycles. The molecule has 3 N–H and O–H groups in total. The molecule has 1 aromatic rings. The highest BCUT2D eigenvalue weighted by molar-refractivity contribution is 5.39. The van der Waals surface area contributed by atoms with Gasteiger partial charge in [0.25, 0.3) is 0 Å². The highest BCUT2D eigenvalue weighted by Gasteiger charge is 2.46. The lowest BCUT2D eigenvalue weighted by atomic mass is 9.63. The van der Waals surface area contributed by atoms with E-state index in [1.54, 1.807) is 6.33 Å². The van der Waals surface area contributed by atoms with Gasteiger partial charge in [-0.2, -0.15) is 0 Å². The summed E-state index contributed by atoms with van der Waals surface area (Å²) in [5, 5.41) is 3.46. The van der Waals surface area contributed by atoms with Gasteiger partial charge in [-0.25, -0.2) is 9.97 Å². The summed E-state index contributed by atoms with van der Waals surface area (Å²) in [6.45, 7) is 8.66. The molecule has 4 nitrogen and oxygen atoms in total. The molecule has 1 saturated carbocycles. The summed E-state index contributed by atoms with van der Waals surface area (Å²) >= 11 is 0. The van der Waals surface area contributed by atoms with E-state index in [2.05, 4.69) is 43.0 Å². The number of nitrogens with two attached hydrogens (primary N) is 1. The van der Waals surface area contributed by atoms with Crippen LogP contribution in [0.15, 0.2) is 12.4 Å². The second-order valence-corrected chi connectivity index (χ2v) is 5.84. The molecule has 0 aromatic carbocycles. The van der Waals surface area contributed by atoms with Crippen LogP contribution in [0.2, 0.25) is 0 Å². The van der Waals surface area contributed by atoms with Crippen molar-refractivity contribution in [3.05, 3.63) is 18.1 Å². The average Bonchev–Trinajstić information content (AvgIpc) is 2.29. The topological polar surface area (TPSA) is 63.8 Å². The third kappa shape index (κ3) is 2.27. The van der Waals surface area contributed by atoms with E-state index in [1.807, 2.05) is 6.07 Å². The maximum absolute atomic E-state index is 6.01. The molecule has 0 bridgehead atoms. The fraction of sp³-hybridized carbons (Fsp3) is 0.692. The first-order valence-corrected chi connectivity index (χ1v) is 6.25. The summed E-state index contributed by atoms with van der Waals surface area (Å²) in [4.78, 5) is 8.54. The molecule has 0 radical (unpaired) electrons. The lowest BCUT2D eigenvalue weighted by molar-refractivity contribution is 0.117. The molecular formula is C13H22N4. The molecular weight excluding hydrogens is 212 g/mol. The Morgan fingerprint density at radius 2 is 2.12 bits per heavy atom. The molecule has 94 valence electrons. The summed E-state index contributed by atoms with van der Waals surface area (Å²) in [5.41, 5.74) is 7.22. The normalized spacial score (nSPS) is 26.7. The molecule has 1 aliphatic rings. The van der Waals surface area contributed by atoms with Crippen molar-refractivity contribution in [3.8, 4) is 0 Å². The van der Waals surface area contributed by atoms with Crippen LogP contribution in [0.4, 0.5) is 5.82 Å². The van der Waals surface area contributed by atoms with Crippen molar-refractivity contribution in [1.82, 2.24) is 9.97 Å². The summed E-state index contributed by atoms with van der Waals surface area (Å²) in [6, 6.07) is 2.73. The lowest BCUT2D eigenvalue weighted by Crippen LogP contribution is -2.61. The van der Waals surface area contributed by atoms with E-state index in [9.17, 15) is 0 Å². The first-order valence-electron chi connectivity index (χ1n) is 6.25. The maximum atomic E-state index is 6.01. The molecule has 0 spiro atoms. The molecule has 4 heteroatoms. The molecule has 1 aliphatic carbocycles. The van der Waals surface area contributed by atoms with E-state index in [1.165, 1.54) is 0 Å². The second-order valence-electron chi connectivity index (χ2n) is 5.84. The highest BCUT2D eigenvalue weighted by Crippen LogP contribution is 2.40. The average molecular weight is 234 g/mol. The zero-order valence-electron chi connectivity index (χ0n) is 11.1. The Bertz CT molecular complexity index is 400. The number of hydrogen-bond donors (Lipinski definition) is 2. The molecule has 1 fully saturated rings. The third-order valence-corrected chi connectivity index (χ3v) is 3.95. The summed E-state index contributed by atoms with van der Waals surface area (Å²) in [7, 11) is 0. The van der Waals surface area contributed by atoms with Gasteiger partial charge in [-0.05, 0) is 12.3 Å². The van der Waals surface area contributed by atoms with Crippen molar-refractivity contribution in [3.63, 3.8) is 0 Å². The smallest absolute Gasteiger partial charge is 0.129 e. The number of aromatic nitrogens is 2. The van der Waals surface area contributed by atoms with Crippen LogP contribution in [0.3, 0.4) is 0 Å². The molecule has 2 rings (SSSR count). The standard InChI is InChI=1S/C13H22N4/c1-8(2)9-5-12(16-7-15-9)17-11-6-10(14)13(11,3)4/h5,7-8,10-11H,6,14H2,1-4H3,(H,15,16,17). The van der Waals surface area contributed by atoms with Crippen molar-refractivity contribution < 1.29 is 0 Å². The maximum Gasteiger partial charge on any atom is 0.129 e. The van der Waals surface area contributed by atoms with Gasteiger partial charge in [-0.3, -0.25) is 0 Å². The van der Waals surface area contributed by atoms with Crippen molar-refractivity contribution in [2.45, 2.75) is 52.1 Å². The Balaban J connectivity index is 2.07. The molecule has 1 heterocycles. The second kappa shape index (κ2) is 4.26. The van der Waals surface area contributed by atoms with Crippen LogP contribution in [0.25, 0.3) is 0 Å². The van der Waals surface area contributed by atoms with E-state index in [0.717, 1.165) is 17.9 Å². The molecule has 2 unspecified atom stereocenters. The fourth-order valence-corrected chi connectivity index (χ4v) is 2.15. The molecule has 0 saturated heterocycles. The zero-order chi connectivity index (χ0) is 12.6. The van der Waals surface area contributed by atoms with Gasteiger partial charge in [-0.15, -0.1) is 0 Å². The van der Waals surface area contributed by atoms with Crippen molar-refractivity contribution in [2.75, 3.05) is 5.32 Å². The summed E-state index contributed by atoms with van der Waals surface area (Å²) in [5.74, 6) is 1.34. The van der Waals surface area contributed by atoms with Crippen molar-refractivity contribution in [1.29, 1.82) is 0 Å². The highest BCUT2D eigenvalue weighted by atomic mass is 15.1. The van der Waals surface area contributed by atoms with Crippen molar-refractivity contribution >= 4 is 5.82 Å². The van der Waals surface area contributed by atoms with Crippen molar-refractivity contribution in [2.24, 2.45) is 11.1 Å². The number of nitrogens with one attached hydrogen (secondary N) is 1. The molecule has 2 atom stereocenters. The lowest BCUT2D eigenvalue weighted by Gasteiger charge is -2.50. The van der Waals surface area contributed by atoms with Gasteiger partial charge in [0.05, 0.1) is 0 Å². The van der Waals surface area contributed by atoms with E-state index >= 15 is 0 Å². The summed E-state index contributed by atoms with van der Waals surface area (Å²) in [6.07, 6.45) is 2.64. The van der Waals surface area contributed by atoms with Gasteiger partial charge in [-0.1, -0.05) is 27.7 Å². The molecule has 0 amide bonds. The predicted octanol–water partition coefficient (Wildman–Crippen LogP) is 2.14. The van der Waals surface area contributed by atoms with Crippen LogP contribution in [-0.2, 0) is 0 Å². The zero-order valence-corrected chi connectivity index (χ0v) is 11.1. The third-order valence-electron chi connectivity index (χ3n) is 3.95. The number of anilines is 1. The Kier molecular flexibility index (Phi) is 3.08. The molecule has 17 heavy (non-hydrogen) atoms. The number of nitrogens with zero attached hydrogens (tertiary/aromatic N) is 2. The van der Waals surface area contributed by atoms with Gasteiger partial charge in [0.2, 0.25) is 0 Å². The Morgan fingerprint density at radius 1 is 1.41 bits per heavy atom. The SMILES string of the molecule is CC(C)c1cc(NC2CC(N)C2(C)C)ncn1. The van der Waals surface area contributed by atoms with E-state index in [0.29, 0.717) is 12.0 Å². The minimum atomic E-state index is 0.142. The minimum absolute atomic E-state index is 0.142. The Labute approximate surface area is 103 Å². The van der Waals surface area contributed by atoms with Gasteiger partial charge >= 0.3 is 0 Å². The Hall–Kier alpha value is -1.16. The van der Waals surface area contributed by atoms with Crippen LogP contribution in [0.5, 0.6) is 0 Å². The first kappa shape index (κ1) is 12.3. The van der Waals surface area contributed by atoms with Gasteiger partial charge in [0, 0.05) is 29.3 Å². The van der Waals surface area contributed by atoms with E-state index in [4.69, 9.17) is 5.73 Å². The fourth-order valence-electron chi connectivity index (χ4n) is 2.15. The van der Waals surface area contributed by atoms with Crippen LogP contribution in [0, 0.1) is 5.41 Å². The van der Waals surface area contributed by atoms with Crippen LogP contribution < -0.4 is 11.1 Å². The van der Waals surface area contributed by atoms with E-state index < -0.39 is 0 Å².